The second-order valence-electron chi connectivity index (χ2n) is 5.12. The third-order valence-electron chi connectivity index (χ3n) is 2.89. The molecule has 0 saturated carbocycles. The molecule has 1 saturated heterocycles. The Labute approximate surface area is 96.5 Å². The minimum absolute atomic E-state index is 0.0571. The van der Waals surface area contributed by atoms with Gasteiger partial charge in [0, 0.05) is 13.1 Å². The predicted molar refractivity (Wildman–Crippen MR) is 60.6 cm³/mol. The Bertz CT molecular complexity index is 376. The van der Waals surface area contributed by atoms with E-state index < -0.39 is 21.4 Å². The smallest absolute Gasteiger partial charge is 0.310 e. The first-order chi connectivity index (χ1) is 7.17. The number of rotatable bonds is 4. The molecule has 5 nitrogen and oxygen atoms in total. The molecule has 1 N–H and O–H groups in total. The average molecular weight is 249 g/mol. The van der Waals surface area contributed by atoms with Crippen LogP contribution in [0.15, 0.2) is 0 Å². The molecule has 0 aromatic carbocycles. The van der Waals surface area contributed by atoms with Crippen molar-refractivity contribution in [2.45, 2.75) is 27.2 Å². The van der Waals surface area contributed by atoms with Crippen LogP contribution < -0.4 is 0 Å². The molecular formula is C10H19NO4S. The predicted octanol–water partition coefficient (Wildman–Crippen LogP) is 0.769. The summed E-state index contributed by atoms with van der Waals surface area (Å²) in [5.74, 6) is -0.778. The Morgan fingerprint density at radius 3 is 2.44 bits per heavy atom. The van der Waals surface area contributed by atoms with Gasteiger partial charge in [-0.1, -0.05) is 13.8 Å². The molecule has 1 rings (SSSR count). The lowest BCUT2D eigenvalue weighted by atomic mass is 9.90. The number of carboxylic acids is 1. The summed E-state index contributed by atoms with van der Waals surface area (Å²) >= 11 is 0. The van der Waals surface area contributed by atoms with Gasteiger partial charge in [0.1, 0.15) is 0 Å². The Hall–Kier alpha value is -0.620. The van der Waals surface area contributed by atoms with E-state index in [1.54, 1.807) is 6.92 Å². The minimum Gasteiger partial charge on any atom is -0.481 e. The largest absolute Gasteiger partial charge is 0.481 e. The maximum atomic E-state index is 11.9. The van der Waals surface area contributed by atoms with Gasteiger partial charge in [-0.05, 0) is 19.3 Å². The summed E-state index contributed by atoms with van der Waals surface area (Å²) in [5, 5.41) is 9.02. The first-order valence-corrected chi connectivity index (χ1v) is 6.99. The molecule has 1 heterocycles. The Morgan fingerprint density at radius 1 is 1.50 bits per heavy atom. The van der Waals surface area contributed by atoms with Crippen LogP contribution in [-0.4, -0.2) is 42.6 Å². The van der Waals surface area contributed by atoms with E-state index in [0.29, 0.717) is 13.0 Å². The van der Waals surface area contributed by atoms with E-state index in [-0.39, 0.29) is 18.2 Å². The normalized spacial score (nSPS) is 27.5. The summed E-state index contributed by atoms with van der Waals surface area (Å²) in [6, 6.07) is 0. The highest BCUT2D eigenvalue weighted by atomic mass is 32.2. The van der Waals surface area contributed by atoms with Crippen molar-refractivity contribution in [3.8, 4) is 0 Å². The van der Waals surface area contributed by atoms with E-state index in [1.807, 2.05) is 13.8 Å². The first-order valence-electron chi connectivity index (χ1n) is 5.38. The molecule has 0 bridgehead atoms. The van der Waals surface area contributed by atoms with Crippen LogP contribution in [0.1, 0.15) is 27.2 Å². The van der Waals surface area contributed by atoms with E-state index in [1.165, 1.54) is 4.31 Å². The summed E-state index contributed by atoms with van der Waals surface area (Å²) < 4.78 is 25.1. The number of hydrogen-bond donors (Lipinski definition) is 1. The zero-order chi connectivity index (χ0) is 12.6. The van der Waals surface area contributed by atoms with Gasteiger partial charge < -0.3 is 5.11 Å². The van der Waals surface area contributed by atoms with Gasteiger partial charge in [0.2, 0.25) is 10.0 Å². The number of carboxylic acid groups (broad SMARTS) is 1. The minimum atomic E-state index is -3.29. The van der Waals surface area contributed by atoms with Crippen LogP contribution in [-0.2, 0) is 14.8 Å². The second kappa shape index (κ2) is 4.33. The highest BCUT2D eigenvalue weighted by Gasteiger charge is 2.44. The lowest BCUT2D eigenvalue weighted by Crippen LogP contribution is -2.36. The van der Waals surface area contributed by atoms with Crippen LogP contribution in [0.2, 0.25) is 0 Å². The number of aliphatic carboxylic acids is 1. The number of nitrogens with zero attached hydrogens (tertiary/aromatic N) is 1. The van der Waals surface area contributed by atoms with Crippen molar-refractivity contribution in [1.29, 1.82) is 0 Å². The van der Waals surface area contributed by atoms with Crippen LogP contribution in [0.5, 0.6) is 0 Å². The molecule has 0 radical (unpaired) electrons. The molecule has 1 unspecified atom stereocenters. The van der Waals surface area contributed by atoms with Gasteiger partial charge in [-0.15, -0.1) is 0 Å². The molecule has 0 aromatic rings. The molecule has 0 aromatic heterocycles. The van der Waals surface area contributed by atoms with E-state index >= 15 is 0 Å². The first kappa shape index (κ1) is 13.4. The Balaban J connectivity index is 2.77. The van der Waals surface area contributed by atoms with E-state index in [9.17, 15) is 13.2 Å². The van der Waals surface area contributed by atoms with Crippen molar-refractivity contribution in [2.75, 3.05) is 18.8 Å². The van der Waals surface area contributed by atoms with Crippen molar-refractivity contribution < 1.29 is 18.3 Å². The van der Waals surface area contributed by atoms with Gasteiger partial charge in [0.25, 0.3) is 0 Å². The van der Waals surface area contributed by atoms with Crippen LogP contribution in [0.4, 0.5) is 0 Å². The summed E-state index contributed by atoms with van der Waals surface area (Å²) in [4.78, 5) is 11.0. The molecular weight excluding hydrogens is 230 g/mol. The van der Waals surface area contributed by atoms with Crippen molar-refractivity contribution in [3.05, 3.63) is 0 Å². The number of carbonyl (C=O) groups is 1. The summed E-state index contributed by atoms with van der Waals surface area (Å²) in [5.41, 5.74) is -0.927. The summed E-state index contributed by atoms with van der Waals surface area (Å²) in [6.07, 6.45) is 0.389. The fraction of sp³-hybridized carbons (Fsp3) is 0.900. The maximum Gasteiger partial charge on any atom is 0.310 e. The van der Waals surface area contributed by atoms with Crippen LogP contribution in [0.3, 0.4) is 0 Å². The third-order valence-corrected chi connectivity index (χ3v) is 5.08. The molecule has 1 aliphatic rings. The molecule has 94 valence electrons. The monoisotopic (exact) mass is 249 g/mol. The lowest BCUT2D eigenvalue weighted by molar-refractivity contribution is -0.146. The third kappa shape index (κ3) is 2.74. The second-order valence-corrected chi connectivity index (χ2v) is 7.14. The fourth-order valence-electron chi connectivity index (χ4n) is 1.86. The van der Waals surface area contributed by atoms with Crippen LogP contribution in [0.25, 0.3) is 0 Å². The number of sulfonamides is 1. The van der Waals surface area contributed by atoms with Gasteiger partial charge in [-0.25, -0.2) is 12.7 Å². The quantitative estimate of drug-likeness (QED) is 0.798. The lowest BCUT2D eigenvalue weighted by Gasteiger charge is -2.20. The molecule has 6 heteroatoms. The molecule has 0 aliphatic carbocycles. The van der Waals surface area contributed by atoms with E-state index in [4.69, 9.17) is 5.11 Å². The van der Waals surface area contributed by atoms with Crippen LogP contribution in [0, 0.1) is 11.3 Å². The van der Waals surface area contributed by atoms with Gasteiger partial charge in [0.05, 0.1) is 11.2 Å². The fourth-order valence-corrected chi connectivity index (χ4v) is 3.76. The van der Waals surface area contributed by atoms with Crippen molar-refractivity contribution in [1.82, 2.24) is 4.31 Å². The Morgan fingerprint density at radius 2 is 2.06 bits per heavy atom. The van der Waals surface area contributed by atoms with E-state index in [0.717, 1.165) is 0 Å². The molecule has 1 fully saturated rings. The SMILES string of the molecule is CC(C)CS(=O)(=O)N1CCC(C)(C(=O)O)C1. The highest BCUT2D eigenvalue weighted by molar-refractivity contribution is 7.89. The van der Waals surface area contributed by atoms with Crippen molar-refractivity contribution in [2.24, 2.45) is 11.3 Å². The topological polar surface area (TPSA) is 74.7 Å². The van der Waals surface area contributed by atoms with Gasteiger partial charge in [0.15, 0.2) is 0 Å². The molecule has 1 aliphatic heterocycles. The molecule has 0 spiro atoms. The maximum absolute atomic E-state index is 11.9. The standard InChI is InChI=1S/C10H19NO4S/c1-8(2)6-16(14,15)11-5-4-10(3,7-11)9(12)13/h8H,4-7H2,1-3H3,(H,12,13). The van der Waals surface area contributed by atoms with Gasteiger partial charge in [-0.3, -0.25) is 4.79 Å². The number of hydrogen-bond acceptors (Lipinski definition) is 3. The highest BCUT2D eigenvalue weighted by Crippen LogP contribution is 2.32. The zero-order valence-corrected chi connectivity index (χ0v) is 10.7. The summed E-state index contributed by atoms with van der Waals surface area (Å²) in [7, 11) is -3.29. The van der Waals surface area contributed by atoms with Crippen LogP contribution >= 0.6 is 0 Å². The summed E-state index contributed by atoms with van der Waals surface area (Å²) in [6.45, 7) is 5.68. The van der Waals surface area contributed by atoms with Gasteiger partial charge >= 0.3 is 5.97 Å². The van der Waals surface area contributed by atoms with Crippen molar-refractivity contribution in [3.63, 3.8) is 0 Å². The Kier molecular flexibility index (Phi) is 3.64. The van der Waals surface area contributed by atoms with Gasteiger partial charge in [-0.2, -0.15) is 0 Å². The average Bonchev–Trinajstić information content (AvgIpc) is 2.47. The molecule has 16 heavy (non-hydrogen) atoms. The molecule has 1 atom stereocenters. The van der Waals surface area contributed by atoms with Crippen molar-refractivity contribution >= 4 is 16.0 Å². The molecule has 0 amide bonds. The zero-order valence-electron chi connectivity index (χ0n) is 9.93. The van der Waals surface area contributed by atoms with E-state index in [2.05, 4.69) is 0 Å².